The number of sulfonamides is 1. The van der Waals surface area contributed by atoms with Crippen molar-refractivity contribution in [3.05, 3.63) is 100 Å². The highest BCUT2D eigenvalue weighted by Crippen LogP contribution is 2.51. The minimum absolute atomic E-state index is 0.00427. The number of alkyl halides is 3. The molecular weight excluding hydrogens is 677 g/mol. The second kappa shape index (κ2) is 12.7. The van der Waals surface area contributed by atoms with Crippen molar-refractivity contribution in [2.75, 3.05) is 25.6 Å². The van der Waals surface area contributed by atoms with Crippen LogP contribution >= 0.6 is 0 Å². The summed E-state index contributed by atoms with van der Waals surface area (Å²) in [6.07, 6.45) is -3.83. The largest absolute Gasteiger partial charge is 0.497 e. The highest BCUT2D eigenvalue weighted by atomic mass is 32.2. The lowest BCUT2D eigenvalue weighted by atomic mass is 9.71. The molecule has 16 heteroatoms. The number of nitrogens with zero attached hydrogens (tertiary/aromatic N) is 3. The molecule has 5 aromatic rings. The summed E-state index contributed by atoms with van der Waals surface area (Å²) >= 11 is 0. The predicted octanol–water partition coefficient (Wildman–Crippen LogP) is 6.73. The number of anilines is 1. The van der Waals surface area contributed by atoms with Crippen molar-refractivity contribution in [3.63, 3.8) is 0 Å². The molecule has 0 saturated heterocycles. The van der Waals surface area contributed by atoms with E-state index in [9.17, 15) is 26.4 Å². The van der Waals surface area contributed by atoms with Crippen LogP contribution in [0.3, 0.4) is 0 Å². The molecule has 1 saturated carbocycles. The van der Waals surface area contributed by atoms with Gasteiger partial charge in [-0.15, -0.1) is 0 Å². The number of aromatic nitrogens is 2. The van der Waals surface area contributed by atoms with E-state index < -0.39 is 50.1 Å². The van der Waals surface area contributed by atoms with Crippen molar-refractivity contribution in [2.45, 2.75) is 36.4 Å². The third kappa shape index (κ3) is 6.16. The number of halogens is 5. The second-order valence-electron chi connectivity index (χ2n) is 11.3. The molecule has 49 heavy (non-hydrogen) atoms. The zero-order valence-corrected chi connectivity index (χ0v) is 26.9. The number of benzene rings is 3. The molecule has 1 fully saturated rings. The van der Waals surface area contributed by atoms with Crippen molar-refractivity contribution >= 4 is 26.7 Å². The molecular formula is C33H28F5N3O7S. The summed E-state index contributed by atoms with van der Waals surface area (Å²) in [7, 11) is -0.645. The van der Waals surface area contributed by atoms with Gasteiger partial charge < -0.3 is 18.7 Å². The van der Waals surface area contributed by atoms with E-state index in [4.69, 9.17) is 18.7 Å². The van der Waals surface area contributed by atoms with Gasteiger partial charge in [0, 0.05) is 41.3 Å². The van der Waals surface area contributed by atoms with Crippen LogP contribution in [0, 0.1) is 17.6 Å². The van der Waals surface area contributed by atoms with Crippen LogP contribution in [0.15, 0.2) is 81.1 Å². The van der Waals surface area contributed by atoms with Crippen LogP contribution in [0.2, 0.25) is 0 Å². The van der Waals surface area contributed by atoms with Gasteiger partial charge in [0.1, 0.15) is 40.0 Å². The molecule has 0 N–H and O–H groups in total. The maximum atomic E-state index is 16.0. The molecule has 1 aliphatic rings. The van der Waals surface area contributed by atoms with Crippen molar-refractivity contribution < 1.29 is 49.1 Å². The lowest BCUT2D eigenvalue weighted by Gasteiger charge is -2.37. The van der Waals surface area contributed by atoms with Crippen LogP contribution < -0.4 is 24.1 Å². The number of methoxy groups -OCH3 is 3. The summed E-state index contributed by atoms with van der Waals surface area (Å²) in [6, 6.07) is 12.4. The molecule has 0 unspecified atom stereocenters. The molecule has 1 aliphatic carbocycles. The Morgan fingerprint density at radius 3 is 2.29 bits per heavy atom. The highest BCUT2D eigenvalue weighted by Gasteiger charge is 2.48. The van der Waals surface area contributed by atoms with E-state index in [1.165, 1.54) is 39.5 Å². The summed E-state index contributed by atoms with van der Waals surface area (Å²) < 4.78 is 122. The summed E-state index contributed by atoms with van der Waals surface area (Å²) in [6.45, 7) is -0.355. The van der Waals surface area contributed by atoms with E-state index in [0.29, 0.717) is 11.3 Å². The molecule has 0 radical (unpaired) electrons. The van der Waals surface area contributed by atoms with Gasteiger partial charge in [0.2, 0.25) is 0 Å². The van der Waals surface area contributed by atoms with Gasteiger partial charge in [-0.25, -0.2) is 21.5 Å². The Balaban J connectivity index is 1.43. The zero-order chi connectivity index (χ0) is 35.2. The number of fused-ring (bicyclic) bond motifs is 1. The van der Waals surface area contributed by atoms with Crippen LogP contribution in [0.1, 0.15) is 29.9 Å². The molecule has 2 heterocycles. The summed E-state index contributed by atoms with van der Waals surface area (Å²) in [5.41, 5.74) is -0.630. The maximum Gasteiger partial charge on any atom is 0.391 e. The highest BCUT2D eigenvalue weighted by molar-refractivity contribution is 7.92. The minimum atomic E-state index is -4.72. The minimum Gasteiger partial charge on any atom is -0.497 e. The number of hydrogen-bond donors (Lipinski definition) is 0. The van der Waals surface area contributed by atoms with Crippen LogP contribution in [0.5, 0.6) is 17.2 Å². The van der Waals surface area contributed by atoms with E-state index in [2.05, 4.69) is 5.16 Å². The van der Waals surface area contributed by atoms with Crippen molar-refractivity contribution in [3.8, 4) is 22.9 Å². The smallest absolute Gasteiger partial charge is 0.391 e. The van der Waals surface area contributed by atoms with E-state index >= 15 is 8.78 Å². The second-order valence-corrected chi connectivity index (χ2v) is 13.2. The summed E-state index contributed by atoms with van der Waals surface area (Å²) in [5.74, 6) is -3.85. The maximum absolute atomic E-state index is 16.0. The van der Waals surface area contributed by atoms with E-state index in [0.717, 1.165) is 39.4 Å². The first-order valence-electron chi connectivity index (χ1n) is 14.7. The Morgan fingerprint density at radius 1 is 0.918 bits per heavy atom. The number of ether oxygens (including phenoxy) is 3. The molecule has 0 bridgehead atoms. The van der Waals surface area contributed by atoms with Crippen molar-refractivity contribution in [1.29, 1.82) is 0 Å². The molecule has 2 aromatic heterocycles. The summed E-state index contributed by atoms with van der Waals surface area (Å²) in [5, 5.41) is 3.84. The van der Waals surface area contributed by atoms with E-state index in [-0.39, 0.29) is 58.9 Å². The fraction of sp³-hybridized carbons (Fsp3) is 0.273. The van der Waals surface area contributed by atoms with Gasteiger partial charge in [-0.1, -0.05) is 5.16 Å². The van der Waals surface area contributed by atoms with Gasteiger partial charge >= 0.3 is 6.18 Å². The molecule has 258 valence electrons. The molecule has 10 nitrogen and oxygen atoms in total. The van der Waals surface area contributed by atoms with Gasteiger partial charge in [-0.2, -0.15) is 13.2 Å². The Kier molecular flexibility index (Phi) is 8.77. The Morgan fingerprint density at radius 2 is 1.65 bits per heavy atom. The molecule has 0 amide bonds. The first-order valence-corrected chi connectivity index (χ1v) is 16.1. The standard InChI is InChI=1S/C33H28F5N3O7S/c1-45-22-6-4-19(28(13-22)46-2)17-40(31-8-9-48-39-31)49(43,44)30-12-18-5-7-32(42)41(26(18)16-25(30)35)27-15-24(34)23(14-29(27)47-3)20-10-21(11-20)33(36,37)38/h4-9,12-16,20-21H,10-11,17H2,1-3H3/t20-,21-. The third-order valence-corrected chi connectivity index (χ3v) is 10.3. The normalized spacial score (nSPS) is 16.3. The SMILES string of the molecule is COc1ccc(CN(c2ccon2)S(=O)(=O)c2cc3ccc(=O)n(-c4cc(F)c([C@H]5C[C@H](C(F)(F)F)C5)cc4OC)c3cc2F)c(OC)c1. The summed E-state index contributed by atoms with van der Waals surface area (Å²) in [4.78, 5) is 12.4. The first-order chi connectivity index (χ1) is 23.3. The Hall–Kier alpha value is -5.12. The van der Waals surface area contributed by atoms with Gasteiger partial charge in [-0.3, -0.25) is 9.36 Å². The average Bonchev–Trinajstić information content (AvgIpc) is 3.57. The van der Waals surface area contributed by atoms with Crippen molar-refractivity contribution in [1.82, 2.24) is 9.72 Å². The van der Waals surface area contributed by atoms with E-state index in [1.807, 2.05) is 0 Å². The van der Waals surface area contributed by atoms with Crippen LogP contribution in [-0.2, 0) is 16.6 Å². The van der Waals surface area contributed by atoms with Crippen molar-refractivity contribution in [2.24, 2.45) is 5.92 Å². The molecule has 6 rings (SSSR count). The van der Waals surface area contributed by atoms with Gasteiger partial charge in [0.15, 0.2) is 5.82 Å². The number of rotatable bonds is 10. The monoisotopic (exact) mass is 705 g/mol. The molecule has 0 spiro atoms. The fourth-order valence-electron chi connectivity index (χ4n) is 5.91. The predicted molar refractivity (Wildman–Crippen MR) is 167 cm³/mol. The van der Waals surface area contributed by atoms with Gasteiger partial charge in [0.05, 0.1) is 45.0 Å². The number of hydrogen-bond acceptors (Lipinski definition) is 8. The Labute approximate surface area is 276 Å². The zero-order valence-electron chi connectivity index (χ0n) is 26.1. The van der Waals surface area contributed by atoms with E-state index in [1.54, 1.807) is 18.2 Å². The van der Waals surface area contributed by atoms with Crippen LogP contribution in [0.25, 0.3) is 16.6 Å². The Bertz CT molecular complexity index is 2200. The molecule has 0 aliphatic heterocycles. The van der Waals surface area contributed by atoms with Crippen LogP contribution in [-0.4, -0.2) is 45.6 Å². The number of pyridine rings is 1. The van der Waals surface area contributed by atoms with Gasteiger partial charge in [-0.05, 0) is 54.7 Å². The third-order valence-electron chi connectivity index (χ3n) is 8.58. The topological polar surface area (TPSA) is 113 Å². The van der Waals surface area contributed by atoms with Crippen LogP contribution in [0.4, 0.5) is 27.8 Å². The lowest BCUT2D eigenvalue weighted by Crippen LogP contribution is -2.34. The lowest BCUT2D eigenvalue weighted by molar-refractivity contribution is -0.197. The molecule has 0 atom stereocenters. The fourth-order valence-corrected chi connectivity index (χ4v) is 7.38. The first kappa shape index (κ1) is 33.8. The molecule has 3 aromatic carbocycles. The van der Waals surface area contributed by atoms with Gasteiger partial charge in [0.25, 0.3) is 15.6 Å². The average molecular weight is 706 g/mol. The quantitative estimate of drug-likeness (QED) is 0.147.